The predicted molar refractivity (Wildman–Crippen MR) is 82.5 cm³/mol. The van der Waals surface area contributed by atoms with E-state index in [9.17, 15) is 14.7 Å². The zero-order valence-corrected chi connectivity index (χ0v) is 12.7. The van der Waals surface area contributed by atoms with E-state index in [0.717, 1.165) is 11.1 Å². The van der Waals surface area contributed by atoms with Gasteiger partial charge in [-0.2, -0.15) is 11.3 Å². The van der Waals surface area contributed by atoms with Gasteiger partial charge in [0.05, 0.1) is 12.0 Å². The van der Waals surface area contributed by atoms with E-state index in [2.05, 4.69) is 4.98 Å². The van der Waals surface area contributed by atoms with Crippen LogP contribution in [0.15, 0.2) is 41.4 Å². The van der Waals surface area contributed by atoms with Crippen LogP contribution in [0.5, 0.6) is 0 Å². The lowest BCUT2D eigenvalue weighted by Gasteiger charge is -2.26. The van der Waals surface area contributed by atoms with Crippen molar-refractivity contribution in [2.75, 3.05) is 6.54 Å². The number of carboxylic acid groups (broad SMARTS) is 1. The Labute approximate surface area is 132 Å². The number of carbonyl (C=O) groups is 2. The van der Waals surface area contributed by atoms with E-state index >= 15 is 0 Å². The number of amides is 1. The molecule has 1 fully saturated rings. The van der Waals surface area contributed by atoms with Crippen molar-refractivity contribution in [1.82, 2.24) is 9.88 Å². The fraction of sp³-hybridized carbons (Fsp3) is 0.312. The van der Waals surface area contributed by atoms with Gasteiger partial charge in [0, 0.05) is 25.4 Å². The number of aliphatic carboxylic acids is 1. The molecule has 1 N–H and O–H groups in total. The number of carboxylic acids is 1. The highest BCUT2D eigenvalue weighted by Crippen LogP contribution is 2.39. The molecule has 1 saturated heterocycles. The molecule has 1 aliphatic heterocycles. The van der Waals surface area contributed by atoms with Crippen LogP contribution in [0.25, 0.3) is 0 Å². The summed E-state index contributed by atoms with van der Waals surface area (Å²) in [6.45, 7) is 0.509. The SMILES string of the molecule is O=C(O)[C@@H]1CC(=O)N(CCc2cccnc2)[C@H]1c1ccsc1. The van der Waals surface area contributed by atoms with Gasteiger partial charge in [-0.3, -0.25) is 14.6 Å². The molecule has 2 atom stereocenters. The largest absolute Gasteiger partial charge is 0.481 e. The van der Waals surface area contributed by atoms with Crippen molar-refractivity contribution in [2.24, 2.45) is 5.92 Å². The maximum absolute atomic E-state index is 12.3. The highest BCUT2D eigenvalue weighted by atomic mass is 32.1. The Morgan fingerprint density at radius 2 is 2.32 bits per heavy atom. The zero-order valence-electron chi connectivity index (χ0n) is 11.9. The third-order valence-electron chi connectivity index (χ3n) is 4.00. The molecule has 3 rings (SSSR count). The van der Waals surface area contributed by atoms with Crippen LogP contribution in [0.2, 0.25) is 0 Å². The van der Waals surface area contributed by atoms with E-state index in [-0.39, 0.29) is 18.4 Å². The molecule has 2 aromatic rings. The summed E-state index contributed by atoms with van der Waals surface area (Å²) in [5, 5.41) is 13.3. The summed E-state index contributed by atoms with van der Waals surface area (Å²) >= 11 is 1.52. The molecule has 0 spiro atoms. The first-order chi connectivity index (χ1) is 10.7. The number of carbonyl (C=O) groups excluding carboxylic acids is 1. The fourth-order valence-corrected chi connectivity index (χ4v) is 3.62. The van der Waals surface area contributed by atoms with Crippen molar-refractivity contribution in [1.29, 1.82) is 0 Å². The molecule has 6 heteroatoms. The molecule has 0 radical (unpaired) electrons. The van der Waals surface area contributed by atoms with Crippen LogP contribution in [0.4, 0.5) is 0 Å². The average molecular weight is 316 g/mol. The molecular weight excluding hydrogens is 300 g/mol. The average Bonchev–Trinajstić information content (AvgIpc) is 3.13. The van der Waals surface area contributed by atoms with Crippen molar-refractivity contribution in [3.05, 3.63) is 52.5 Å². The number of likely N-dealkylation sites (tertiary alicyclic amines) is 1. The molecule has 1 aliphatic rings. The Morgan fingerprint density at radius 1 is 1.45 bits per heavy atom. The predicted octanol–water partition coefficient (Wildman–Crippen LogP) is 2.36. The Balaban J connectivity index is 1.81. The highest BCUT2D eigenvalue weighted by Gasteiger charge is 2.44. The van der Waals surface area contributed by atoms with E-state index in [1.54, 1.807) is 17.3 Å². The first-order valence-corrected chi connectivity index (χ1v) is 8.04. The lowest BCUT2D eigenvalue weighted by molar-refractivity contribution is -0.142. The molecule has 22 heavy (non-hydrogen) atoms. The summed E-state index contributed by atoms with van der Waals surface area (Å²) in [4.78, 5) is 29.5. The number of hydrogen-bond donors (Lipinski definition) is 1. The summed E-state index contributed by atoms with van der Waals surface area (Å²) in [5.41, 5.74) is 1.95. The third-order valence-corrected chi connectivity index (χ3v) is 4.70. The Kier molecular flexibility index (Phi) is 4.20. The topological polar surface area (TPSA) is 70.5 Å². The van der Waals surface area contributed by atoms with Gasteiger partial charge in [0.2, 0.25) is 5.91 Å². The molecular formula is C16H16N2O3S. The lowest BCUT2D eigenvalue weighted by Crippen LogP contribution is -2.32. The fourth-order valence-electron chi connectivity index (χ4n) is 2.93. The molecule has 0 bridgehead atoms. The number of aromatic nitrogens is 1. The van der Waals surface area contributed by atoms with Crippen LogP contribution >= 0.6 is 11.3 Å². The minimum Gasteiger partial charge on any atom is -0.481 e. The van der Waals surface area contributed by atoms with Gasteiger partial charge < -0.3 is 10.0 Å². The maximum Gasteiger partial charge on any atom is 0.309 e. The Morgan fingerprint density at radius 3 is 2.95 bits per heavy atom. The molecule has 0 aliphatic carbocycles. The van der Waals surface area contributed by atoms with Crippen LogP contribution in [-0.4, -0.2) is 33.4 Å². The minimum absolute atomic E-state index is 0.0723. The van der Waals surface area contributed by atoms with Crippen molar-refractivity contribution in [2.45, 2.75) is 18.9 Å². The smallest absolute Gasteiger partial charge is 0.309 e. The van der Waals surface area contributed by atoms with E-state index < -0.39 is 11.9 Å². The van der Waals surface area contributed by atoms with Gasteiger partial charge in [-0.15, -0.1) is 0 Å². The first-order valence-electron chi connectivity index (χ1n) is 7.10. The summed E-state index contributed by atoms with van der Waals surface area (Å²) in [6, 6.07) is 5.35. The van der Waals surface area contributed by atoms with Gasteiger partial charge in [-0.1, -0.05) is 6.07 Å². The van der Waals surface area contributed by atoms with E-state index in [1.165, 1.54) is 11.3 Å². The van der Waals surface area contributed by atoms with Crippen molar-refractivity contribution < 1.29 is 14.7 Å². The van der Waals surface area contributed by atoms with E-state index in [0.29, 0.717) is 13.0 Å². The van der Waals surface area contributed by atoms with E-state index in [4.69, 9.17) is 0 Å². The molecule has 1 amide bonds. The molecule has 0 unspecified atom stereocenters. The van der Waals surface area contributed by atoms with E-state index in [1.807, 2.05) is 29.0 Å². The normalized spacial score (nSPS) is 21.3. The molecule has 0 aromatic carbocycles. The Bertz CT molecular complexity index is 657. The highest BCUT2D eigenvalue weighted by molar-refractivity contribution is 7.08. The number of pyridine rings is 1. The van der Waals surface area contributed by atoms with Crippen LogP contribution in [-0.2, 0) is 16.0 Å². The standard InChI is InChI=1S/C16H16N2O3S/c19-14-8-13(16(20)21)15(12-4-7-22-10-12)18(14)6-3-11-2-1-5-17-9-11/h1-2,4-5,7,9-10,13,15H,3,6,8H2,(H,20,21)/t13-,15+/m1/s1. The summed E-state index contributed by atoms with van der Waals surface area (Å²) in [7, 11) is 0. The zero-order chi connectivity index (χ0) is 15.5. The second-order valence-corrected chi connectivity index (χ2v) is 6.13. The lowest BCUT2D eigenvalue weighted by atomic mass is 9.95. The summed E-state index contributed by atoms with van der Waals surface area (Å²) in [5.74, 6) is -1.67. The van der Waals surface area contributed by atoms with Crippen molar-refractivity contribution in [3.63, 3.8) is 0 Å². The molecule has 3 heterocycles. The third kappa shape index (κ3) is 2.87. The number of nitrogens with zero attached hydrogens (tertiary/aromatic N) is 2. The summed E-state index contributed by atoms with van der Waals surface area (Å²) in [6.07, 6.45) is 4.23. The molecule has 2 aromatic heterocycles. The maximum atomic E-state index is 12.3. The second kappa shape index (κ2) is 6.27. The summed E-state index contributed by atoms with van der Waals surface area (Å²) < 4.78 is 0. The quantitative estimate of drug-likeness (QED) is 0.919. The van der Waals surface area contributed by atoms with Gasteiger partial charge in [0.1, 0.15) is 0 Å². The van der Waals surface area contributed by atoms with Gasteiger partial charge >= 0.3 is 5.97 Å². The van der Waals surface area contributed by atoms with Gasteiger partial charge in [-0.25, -0.2) is 0 Å². The number of thiophene rings is 1. The van der Waals surface area contributed by atoms with Crippen molar-refractivity contribution in [3.8, 4) is 0 Å². The number of rotatable bonds is 5. The molecule has 0 saturated carbocycles. The minimum atomic E-state index is -0.909. The molecule has 114 valence electrons. The van der Waals surface area contributed by atoms with Gasteiger partial charge in [0.25, 0.3) is 0 Å². The van der Waals surface area contributed by atoms with Crippen LogP contribution in [0.1, 0.15) is 23.6 Å². The van der Waals surface area contributed by atoms with Gasteiger partial charge in [-0.05, 0) is 40.4 Å². The second-order valence-electron chi connectivity index (χ2n) is 5.35. The number of hydrogen-bond acceptors (Lipinski definition) is 4. The van der Waals surface area contributed by atoms with Crippen LogP contribution < -0.4 is 0 Å². The van der Waals surface area contributed by atoms with Gasteiger partial charge in [0.15, 0.2) is 0 Å². The van der Waals surface area contributed by atoms with Crippen LogP contribution in [0.3, 0.4) is 0 Å². The first kappa shape index (κ1) is 14.7. The molecule has 5 nitrogen and oxygen atoms in total. The van der Waals surface area contributed by atoms with Crippen molar-refractivity contribution >= 4 is 23.2 Å². The Hall–Kier alpha value is -2.21. The monoisotopic (exact) mass is 316 g/mol. The van der Waals surface area contributed by atoms with Crippen LogP contribution in [0, 0.1) is 5.92 Å².